The van der Waals surface area contributed by atoms with Gasteiger partial charge in [-0.15, -0.1) is 0 Å². The van der Waals surface area contributed by atoms with Gasteiger partial charge in [-0.25, -0.2) is 5.84 Å². The van der Waals surface area contributed by atoms with Gasteiger partial charge >= 0.3 is 0 Å². The van der Waals surface area contributed by atoms with E-state index in [1.165, 1.54) is 5.56 Å². The minimum Gasteiger partial charge on any atom is -0.284 e. The average molecular weight is 220 g/mol. The number of aryl methyl sites for hydroxylation is 1. The first-order chi connectivity index (χ1) is 7.41. The molecule has 1 rings (SSSR count). The van der Waals surface area contributed by atoms with Crippen molar-refractivity contribution < 1.29 is 4.79 Å². The third-order valence-corrected chi connectivity index (χ3v) is 2.77. The molecule has 1 aromatic rings. The lowest BCUT2D eigenvalue weighted by Gasteiger charge is -2.13. The fourth-order valence-corrected chi connectivity index (χ4v) is 1.53. The van der Waals surface area contributed by atoms with E-state index in [4.69, 9.17) is 5.84 Å². The van der Waals surface area contributed by atoms with Gasteiger partial charge in [0.2, 0.25) is 5.91 Å². The van der Waals surface area contributed by atoms with E-state index in [2.05, 4.69) is 32.0 Å². The Morgan fingerprint density at radius 2 is 2.06 bits per heavy atom. The Kier molecular flexibility index (Phi) is 4.07. The lowest BCUT2D eigenvalue weighted by Crippen LogP contribution is -2.34. The minimum atomic E-state index is -0.0657. The molecule has 0 fully saturated rings. The number of nitrogens with zero attached hydrogens (tertiary/aromatic N) is 1. The van der Waals surface area contributed by atoms with Gasteiger partial charge in [0.05, 0.1) is 6.42 Å². The van der Waals surface area contributed by atoms with Gasteiger partial charge < -0.3 is 0 Å². The number of rotatable bonds is 3. The third kappa shape index (κ3) is 3.07. The molecule has 0 aromatic heterocycles. The maximum absolute atomic E-state index is 11.5. The van der Waals surface area contributed by atoms with E-state index in [1.54, 1.807) is 7.05 Å². The van der Waals surface area contributed by atoms with Crippen molar-refractivity contribution in [2.45, 2.75) is 33.1 Å². The van der Waals surface area contributed by atoms with Crippen LogP contribution in [0.15, 0.2) is 18.2 Å². The quantitative estimate of drug-likeness (QED) is 0.481. The van der Waals surface area contributed by atoms with Gasteiger partial charge in [-0.05, 0) is 29.5 Å². The third-order valence-electron chi connectivity index (χ3n) is 2.77. The van der Waals surface area contributed by atoms with Crippen LogP contribution >= 0.6 is 0 Å². The molecule has 2 N–H and O–H groups in total. The molecule has 0 bridgehead atoms. The van der Waals surface area contributed by atoms with E-state index in [1.807, 2.05) is 6.92 Å². The normalized spacial score (nSPS) is 10.6. The summed E-state index contributed by atoms with van der Waals surface area (Å²) in [6.45, 7) is 6.31. The summed E-state index contributed by atoms with van der Waals surface area (Å²) in [4.78, 5) is 11.5. The largest absolute Gasteiger partial charge is 0.284 e. The fourth-order valence-electron chi connectivity index (χ4n) is 1.53. The molecule has 1 amide bonds. The molecule has 0 atom stereocenters. The van der Waals surface area contributed by atoms with Gasteiger partial charge in [0.1, 0.15) is 0 Å². The second kappa shape index (κ2) is 5.12. The van der Waals surface area contributed by atoms with Crippen molar-refractivity contribution >= 4 is 5.91 Å². The lowest BCUT2D eigenvalue weighted by atomic mass is 9.96. The van der Waals surface area contributed by atoms with Crippen LogP contribution in [0.5, 0.6) is 0 Å². The molecule has 0 unspecified atom stereocenters. The lowest BCUT2D eigenvalue weighted by molar-refractivity contribution is -0.129. The predicted molar refractivity (Wildman–Crippen MR) is 65.9 cm³/mol. The van der Waals surface area contributed by atoms with Crippen molar-refractivity contribution in [1.29, 1.82) is 0 Å². The van der Waals surface area contributed by atoms with Crippen molar-refractivity contribution in [3.8, 4) is 0 Å². The van der Waals surface area contributed by atoms with Gasteiger partial charge in [0, 0.05) is 7.05 Å². The molecule has 0 radical (unpaired) electrons. The number of amides is 1. The second-order valence-electron chi connectivity index (χ2n) is 4.52. The molecule has 0 spiro atoms. The molecular weight excluding hydrogens is 200 g/mol. The number of hydrogen-bond donors (Lipinski definition) is 1. The van der Waals surface area contributed by atoms with Crippen molar-refractivity contribution in [3.63, 3.8) is 0 Å². The maximum Gasteiger partial charge on any atom is 0.240 e. The van der Waals surface area contributed by atoms with Crippen LogP contribution in [0.3, 0.4) is 0 Å². The number of carbonyl (C=O) groups excluding carboxylic acids is 1. The summed E-state index contributed by atoms with van der Waals surface area (Å²) in [5, 5.41) is 1.14. The smallest absolute Gasteiger partial charge is 0.240 e. The Balaban J connectivity index is 2.94. The topological polar surface area (TPSA) is 46.3 Å². The zero-order chi connectivity index (χ0) is 12.3. The number of hydrogen-bond acceptors (Lipinski definition) is 2. The maximum atomic E-state index is 11.5. The summed E-state index contributed by atoms with van der Waals surface area (Å²) >= 11 is 0. The fraction of sp³-hybridized carbons (Fsp3) is 0.462. The highest BCUT2D eigenvalue weighted by Gasteiger charge is 2.10. The van der Waals surface area contributed by atoms with Crippen LogP contribution in [-0.4, -0.2) is 18.0 Å². The van der Waals surface area contributed by atoms with Crippen molar-refractivity contribution in [2.24, 2.45) is 5.84 Å². The number of benzene rings is 1. The van der Waals surface area contributed by atoms with Crippen LogP contribution in [0.4, 0.5) is 0 Å². The first kappa shape index (κ1) is 12.7. The van der Waals surface area contributed by atoms with Crippen molar-refractivity contribution in [1.82, 2.24) is 5.01 Å². The minimum absolute atomic E-state index is 0.0657. The summed E-state index contributed by atoms with van der Waals surface area (Å²) in [6, 6.07) is 6.27. The van der Waals surface area contributed by atoms with Gasteiger partial charge in [0.15, 0.2) is 0 Å². The van der Waals surface area contributed by atoms with Crippen LogP contribution in [0.1, 0.15) is 36.5 Å². The molecule has 3 nitrogen and oxygen atoms in total. The Morgan fingerprint density at radius 3 is 2.56 bits per heavy atom. The highest BCUT2D eigenvalue weighted by molar-refractivity contribution is 5.78. The summed E-state index contributed by atoms with van der Waals surface area (Å²) in [5.74, 6) is 5.83. The van der Waals surface area contributed by atoms with E-state index in [0.29, 0.717) is 12.3 Å². The van der Waals surface area contributed by atoms with Gasteiger partial charge in [-0.1, -0.05) is 32.0 Å². The highest BCUT2D eigenvalue weighted by Crippen LogP contribution is 2.19. The molecular formula is C13H20N2O. The number of nitrogens with two attached hydrogens (primary N) is 1. The Morgan fingerprint density at radius 1 is 1.44 bits per heavy atom. The molecule has 0 aliphatic rings. The molecule has 0 aliphatic heterocycles. The SMILES string of the molecule is Cc1ccc(C(C)C)cc1CC(=O)N(C)N. The number of likely N-dealkylation sites (N-methyl/N-ethyl adjacent to an activating group) is 1. The average Bonchev–Trinajstić information content (AvgIpc) is 2.20. The van der Waals surface area contributed by atoms with E-state index in [9.17, 15) is 4.79 Å². The molecule has 0 saturated carbocycles. The molecule has 3 heteroatoms. The summed E-state index contributed by atoms with van der Waals surface area (Å²) in [5.41, 5.74) is 3.46. The molecule has 0 heterocycles. The number of hydrazine groups is 1. The van der Waals surface area contributed by atoms with E-state index in [-0.39, 0.29) is 5.91 Å². The van der Waals surface area contributed by atoms with Crippen LogP contribution in [0.25, 0.3) is 0 Å². The summed E-state index contributed by atoms with van der Waals surface area (Å²) in [7, 11) is 1.57. The summed E-state index contributed by atoms with van der Waals surface area (Å²) in [6.07, 6.45) is 0.374. The first-order valence-electron chi connectivity index (χ1n) is 5.52. The molecule has 1 aromatic carbocycles. The van der Waals surface area contributed by atoms with Crippen molar-refractivity contribution in [3.05, 3.63) is 34.9 Å². The van der Waals surface area contributed by atoms with Crippen LogP contribution < -0.4 is 5.84 Å². The molecule has 0 saturated heterocycles. The van der Waals surface area contributed by atoms with E-state index < -0.39 is 0 Å². The zero-order valence-corrected chi connectivity index (χ0v) is 10.4. The monoisotopic (exact) mass is 220 g/mol. The number of carbonyl (C=O) groups is 1. The molecule has 0 aliphatic carbocycles. The van der Waals surface area contributed by atoms with Gasteiger partial charge in [0.25, 0.3) is 0 Å². The molecule has 16 heavy (non-hydrogen) atoms. The predicted octanol–water partition coefficient (Wildman–Crippen LogP) is 1.99. The highest BCUT2D eigenvalue weighted by atomic mass is 16.2. The van der Waals surface area contributed by atoms with Gasteiger partial charge in [-0.2, -0.15) is 0 Å². The second-order valence-corrected chi connectivity index (χ2v) is 4.52. The Hall–Kier alpha value is -1.35. The van der Waals surface area contributed by atoms with Crippen LogP contribution in [0.2, 0.25) is 0 Å². The van der Waals surface area contributed by atoms with E-state index in [0.717, 1.165) is 16.1 Å². The standard InChI is InChI=1S/C13H20N2O/c1-9(2)11-6-5-10(3)12(7-11)8-13(16)15(4)14/h5-7,9H,8,14H2,1-4H3. The van der Waals surface area contributed by atoms with Gasteiger partial charge in [-0.3, -0.25) is 9.80 Å². The zero-order valence-electron chi connectivity index (χ0n) is 10.4. The Bertz CT molecular complexity index is 384. The first-order valence-corrected chi connectivity index (χ1v) is 5.52. The molecule has 88 valence electrons. The van der Waals surface area contributed by atoms with Crippen LogP contribution in [-0.2, 0) is 11.2 Å². The van der Waals surface area contributed by atoms with Crippen molar-refractivity contribution in [2.75, 3.05) is 7.05 Å². The van der Waals surface area contributed by atoms with Crippen LogP contribution in [0, 0.1) is 6.92 Å². The summed E-state index contributed by atoms with van der Waals surface area (Å²) < 4.78 is 0. The Labute approximate surface area is 97.2 Å². The van der Waals surface area contributed by atoms with E-state index >= 15 is 0 Å².